The first-order valence-corrected chi connectivity index (χ1v) is 8.28. The lowest BCUT2D eigenvalue weighted by molar-refractivity contribution is -0.138. The van der Waals surface area contributed by atoms with E-state index in [1.54, 1.807) is 11.0 Å². The van der Waals surface area contributed by atoms with Crippen LogP contribution in [-0.4, -0.2) is 29.9 Å². The molecule has 2 atom stereocenters. The highest BCUT2D eigenvalue weighted by molar-refractivity contribution is 5.85. The fourth-order valence-corrected chi connectivity index (χ4v) is 3.27. The Bertz CT molecular complexity index is 604. The third kappa shape index (κ3) is 4.88. The van der Waals surface area contributed by atoms with Crippen molar-refractivity contribution in [3.63, 3.8) is 0 Å². The zero-order valence-corrected chi connectivity index (χ0v) is 15.6. The van der Waals surface area contributed by atoms with Gasteiger partial charge in [0.05, 0.1) is 11.5 Å². The van der Waals surface area contributed by atoms with E-state index in [0.29, 0.717) is 31.5 Å². The molecule has 2 unspecified atom stereocenters. The number of rotatable bonds is 3. The third-order valence-electron chi connectivity index (χ3n) is 4.95. The first-order valence-electron chi connectivity index (χ1n) is 8.28. The molecule has 1 aliphatic rings. The van der Waals surface area contributed by atoms with E-state index in [1.165, 1.54) is 6.07 Å². The van der Waals surface area contributed by atoms with Crippen molar-refractivity contribution >= 4 is 18.3 Å². The molecule has 1 aliphatic heterocycles. The smallest absolute Gasteiger partial charge is 0.342 e. The van der Waals surface area contributed by atoms with Crippen LogP contribution in [0, 0.1) is 5.41 Å². The molecule has 7 heteroatoms. The molecule has 0 bridgehead atoms. The fourth-order valence-electron chi connectivity index (χ4n) is 3.27. The quantitative estimate of drug-likeness (QED) is 0.856. The van der Waals surface area contributed by atoms with Gasteiger partial charge in [-0.3, -0.25) is 4.79 Å². The molecule has 142 valence electrons. The number of likely N-dealkylation sites (tertiary alicyclic amines) is 1. The summed E-state index contributed by atoms with van der Waals surface area (Å²) in [4.78, 5) is 14.6. The molecule has 1 saturated heterocycles. The van der Waals surface area contributed by atoms with Crippen LogP contribution < -0.4 is 5.73 Å². The number of piperidine rings is 1. The molecule has 0 aliphatic carbocycles. The van der Waals surface area contributed by atoms with Gasteiger partial charge >= 0.3 is 6.18 Å². The number of halogens is 4. The molecule has 0 aromatic heterocycles. The topological polar surface area (TPSA) is 46.3 Å². The summed E-state index contributed by atoms with van der Waals surface area (Å²) < 4.78 is 38.8. The third-order valence-corrected chi connectivity index (χ3v) is 4.95. The van der Waals surface area contributed by atoms with Gasteiger partial charge in [0.1, 0.15) is 0 Å². The standard InChI is InChI=1S/C18H25F3N2O.ClH/c1-4-14(12-6-5-7-13(10-12)18(19,20)21)16(24)23-9-8-15(22)17(2,3)11-23;/h5-7,10,14-15H,4,8-9,11,22H2,1-3H3;1H. The molecule has 3 nitrogen and oxygen atoms in total. The van der Waals surface area contributed by atoms with Crippen molar-refractivity contribution in [3.05, 3.63) is 35.4 Å². The first-order chi connectivity index (χ1) is 11.1. The van der Waals surface area contributed by atoms with Gasteiger partial charge in [-0.15, -0.1) is 12.4 Å². The SMILES string of the molecule is CCC(C(=O)N1CCC(N)C(C)(C)C1)c1cccc(C(F)(F)F)c1.Cl. The van der Waals surface area contributed by atoms with Crippen molar-refractivity contribution < 1.29 is 18.0 Å². The highest BCUT2D eigenvalue weighted by Gasteiger charge is 2.38. The van der Waals surface area contributed by atoms with Gasteiger partial charge in [-0.25, -0.2) is 0 Å². The summed E-state index contributed by atoms with van der Waals surface area (Å²) in [5.74, 6) is -0.672. The van der Waals surface area contributed by atoms with Gasteiger partial charge in [0.15, 0.2) is 0 Å². The highest BCUT2D eigenvalue weighted by Crippen LogP contribution is 2.34. The van der Waals surface area contributed by atoms with Crippen molar-refractivity contribution in [2.24, 2.45) is 11.1 Å². The summed E-state index contributed by atoms with van der Waals surface area (Å²) in [7, 11) is 0. The van der Waals surface area contributed by atoms with Crippen molar-refractivity contribution in [2.75, 3.05) is 13.1 Å². The summed E-state index contributed by atoms with van der Waals surface area (Å²) in [6.07, 6.45) is -3.24. The van der Waals surface area contributed by atoms with Crippen LogP contribution >= 0.6 is 12.4 Å². The van der Waals surface area contributed by atoms with Gasteiger partial charge in [-0.1, -0.05) is 39.0 Å². The number of hydrogen-bond acceptors (Lipinski definition) is 2. The van der Waals surface area contributed by atoms with E-state index >= 15 is 0 Å². The van der Waals surface area contributed by atoms with E-state index in [-0.39, 0.29) is 29.8 Å². The van der Waals surface area contributed by atoms with Crippen LogP contribution in [0.5, 0.6) is 0 Å². The van der Waals surface area contributed by atoms with Gasteiger partial charge < -0.3 is 10.6 Å². The summed E-state index contributed by atoms with van der Waals surface area (Å²) in [6.45, 7) is 6.94. The Morgan fingerprint density at radius 2 is 2.04 bits per heavy atom. The van der Waals surface area contributed by atoms with Crippen molar-refractivity contribution in [1.29, 1.82) is 0 Å². The maximum absolute atomic E-state index is 12.9. The maximum Gasteiger partial charge on any atom is 0.416 e. The van der Waals surface area contributed by atoms with E-state index in [9.17, 15) is 18.0 Å². The Balaban J connectivity index is 0.00000312. The number of amides is 1. The predicted octanol–water partition coefficient (Wildman–Crippen LogP) is 4.21. The average Bonchev–Trinajstić information content (AvgIpc) is 2.50. The Kier molecular flexibility index (Phi) is 6.93. The minimum absolute atomic E-state index is 0. The molecular weight excluding hydrogens is 353 g/mol. The van der Waals surface area contributed by atoms with Crippen molar-refractivity contribution in [1.82, 2.24) is 4.90 Å². The Hall–Kier alpha value is -1.27. The molecule has 2 rings (SSSR count). The molecule has 0 saturated carbocycles. The Labute approximate surface area is 153 Å². The van der Waals surface area contributed by atoms with Gasteiger partial charge in [0, 0.05) is 19.1 Å². The molecule has 1 heterocycles. The molecule has 0 spiro atoms. The number of benzene rings is 1. The summed E-state index contributed by atoms with van der Waals surface area (Å²) in [5.41, 5.74) is 5.61. The van der Waals surface area contributed by atoms with Crippen molar-refractivity contribution in [3.8, 4) is 0 Å². The molecular formula is C18H26ClF3N2O. The Morgan fingerprint density at radius 1 is 1.40 bits per heavy atom. The average molecular weight is 379 g/mol. The molecule has 0 radical (unpaired) electrons. The summed E-state index contributed by atoms with van der Waals surface area (Å²) >= 11 is 0. The number of nitrogens with two attached hydrogens (primary N) is 1. The number of carbonyl (C=O) groups is 1. The van der Waals surface area contributed by atoms with Crippen LogP contribution in [-0.2, 0) is 11.0 Å². The van der Waals surface area contributed by atoms with E-state index < -0.39 is 17.7 Å². The van der Waals surface area contributed by atoms with Crippen LogP contribution in [0.4, 0.5) is 13.2 Å². The zero-order chi connectivity index (χ0) is 18.1. The normalized spacial score (nSPS) is 21.4. The van der Waals surface area contributed by atoms with E-state index in [0.717, 1.165) is 12.1 Å². The minimum atomic E-state index is -4.41. The first kappa shape index (κ1) is 21.8. The molecule has 1 fully saturated rings. The lowest BCUT2D eigenvalue weighted by Gasteiger charge is -2.43. The van der Waals surface area contributed by atoms with Crippen LogP contribution in [0.1, 0.15) is 50.7 Å². The number of carbonyl (C=O) groups excluding carboxylic acids is 1. The van der Waals surface area contributed by atoms with Crippen LogP contribution in [0.25, 0.3) is 0 Å². The second-order valence-corrected chi connectivity index (χ2v) is 7.23. The highest BCUT2D eigenvalue weighted by atomic mass is 35.5. The molecule has 25 heavy (non-hydrogen) atoms. The predicted molar refractivity (Wildman–Crippen MR) is 94.7 cm³/mol. The van der Waals surface area contributed by atoms with Crippen molar-refractivity contribution in [2.45, 2.75) is 51.7 Å². The maximum atomic E-state index is 12.9. The van der Waals surface area contributed by atoms with E-state index in [1.807, 2.05) is 20.8 Å². The van der Waals surface area contributed by atoms with E-state index in [2.05, 4.69) is 0 Å². The second-order valence-electron chi connectivity index (χ2n) is 7.23. The van der Waals surface area contributed by atoms with Crippen LogP contribution in [0.15, 0.2) is 24.3 Å². The largest absolute Gasteiger partial charge is 0.416 e. The number of nitrogens with zero attached hydrogens (tertiary/aromatic N) is 1. The minimum Gasteiger partial charge on any atom is -0.342 e. The number of alkyl halides is 3. The van der Waals surface area contributed by atoms with Gasteiger partial charge in [0.2, 0.25) is 5.91 Å². The molecule has 1 aromatic rings. The fraction of sp³-hybridized carbons (Fsp3) is 0.611. The monoisotopic (exact) mass is 378 g/mol. The molecule has 1 aromatic carbocycles. The lowest BCUT2D eigenvalue weighted by Crippen LogP contribution is -2.54. The lowest BCUT2D eigenvalue weighted by atomic mass is 9.79. The van der Waals surface area contributed by atoms with Crippen LogP contribution in [0.3, 0.4) is 0 Å². The van der Waals surface area contributed by atoms with Gasteiger partial charge in [-0.05, 0) is 29.9 Å². The summed E-state index contributed by atoms with van der Waals surface area (Å²) in [5, 5.41) is 0. The Morgan fingerprint density at radius 3 is 2.56 bits per heavy atom. The number of hydrogen-bond donors (Lipinski definition) is 1. The molecule has 1 amide bonds. The zero-order valence-electron chi connectivity index (χ0n) is 14.8. The summed E-state index contributed by atoms with van der Waals surface area (Å²) in [6, 6.07) is 5.11. The van der Waals surface area contributed by atoms with E-state index in [4.69, 9.17) is 5.73 Å². The van der Waals surface area contributed by atoms with Gasteiger partial charge in [-0.2, -0.15) is 13.2 Å². The van der Waals surface area contributed by atoms with Gasteiger partial charge in [0.25, 0.3) is 0 Å². The molecule has 2 N–H and O–H groups in total. The van der Waals surface area contributed by atoms with Crippen LogP contribution in [0.2, 0.25) is 0 Å². The second kappa shape index (κ2) is 7.96.